The molecule has 0 saturated heterocycles. The van der Waals surface area contributed by atoms with E-state index in [4.69, 9.17) is 0 Å². The molecular formula is C34H26BN3. The Morgan fingerprint density at radius 2 is 1.34 bits per heavy atom. The molecular weight excluding hydrogens is 461 g/mol. The van der Waals surface area contributed by atoms with Crippen molar-refractivity contribution in [2.24, 2.45) is 0 Å². The number of aryl methyl sites for hydroxylation is 1. The zero-order valence-corrected chi connectivity index (χ0v) is 21.7. The van der Waals surface area contributed by atoms with Gasteiger partial charge in [0.15, 0.2) is 0 Å². The van der Waals surface area contributed by atoms with Crippen LogP contribution >= 0.6 is 0 Å². The van der Waals surface area contributed by atoms with Crippen molar-refractivity contribution in [2.45, 2.75) is 26.4 Å². The Balaban J connectivity index is 1.46. The van der Waals surface area contributed by atoms with Gasteiger partial charge in [-0.25, -0.2) is 0 Å². The van der Waals surface area contributed by atoms with Gasteiger partial charge in [-0.1, -0.05) is 66.7 Å². The highest BCUT2D eigenvalue weighted by molar-refractivity contribution is 7.00. The number of nitrogens with zero attached hydrogens (tertiary/aromatic N) is 3. The van der Waals surface area contributed by atoms with Crippen molar-refractivity contribution in [1.29, 1.82) is 0 Å². The second kappa shape index (κ2) is 6.70. The third kappa shape index (κ3) is 2.25. The van der Waals surface area contributed by atoms with Gasteiger partial charge in [0, 0.05) is 33.4 Å². The fourth-order valence-electron chi connectivity index (χ4n) is 7.75. The highest BCUT2D eigenvalue weighted by Gasteiger charge is 2.52. The van der Waals surface area contributed by atoms with Gasteiger partial charge < -0.3 is 14.4 Å². The molecule has 38 heavy (non-hydrogen) atoms. The molecule has 3 aliphatic heterocycles. The largest absolute Gasteiger partial charge is 0.317 e. The number of para-hydroxylation sites is 4. The molecule has 4 heterocycles. The zero-order valence-electron chi connectivity index (χ0n) is 21.7. The van der Waals surface area contributed by atoms with Crippen LogP contribution in [0.5, 0.6) is 0 Å². The number of aromatic nitrogens is 1. The molecule has 6 aromatic rings. The molecule has 9 rings (SSSR count). The maximum atomic E-state index is 2.61. The Morgan fingerprint density at radius 3 is 2.21 bits per heavy atom. The van der Waals surface area contributed by atoms with E-state index in [-0.39, 0.29) is 12.4 Å². The van der Waals surface area contributed by atoms with E-state index in [2.05, 4.69) is 138 Å². The molecule has 0 fully saturated rings. The predicted octanol–water partition coefficient (Wildman–Crippen LogP) is 6.26. The summed E-state index contributed by atoms with van der Waals surface area (Å²) in [5, 5.41) is 2.67. The molecule has 0 saturated carbocycles. The van der Waals surface area contributed by atoms with E-state index in [1.54, 1.807) is 0 Å². The van der Waals surface area contributed by atoms with Gasteiger partial charge in [-0.15, -0.1) is 0 Å². The first-order valence-corrected chi connectivity index (χ1v) is 13.5. The summed E-state index contributed by atoms with van der Waals surface area (Å²) in [6.07, 6.45) is 0. The Bertz CT molecular complexity index is 1990. The molecule has 0 radical (unpaired) electrons. The van der Waals surface area contributed by atoms with Gasteiger partial charge >= 0.3 is 0 Å². The second-order valence-corrected chi connectivity index (χ2v) is 11.5. The van der Waals surface area contributed by atoms with Crippen LogP contribution in [-0.4, -0.2) is 16.9 Å². The van der Waals surface area contributed by atoms with Crippen molar-refractivity contribution in [2.75, 3.05) is 9.80 Å². The fourth-order valence-corrected chi connectivity index (χ4v) is 7.75. The molecule has 0 bridgehead atoms. The van der Waals surface area contributed by atoms with Crippen LogP contribution in [0.2, 0.25) is 0 Å². The van der Waals surface area contributed by atoms with Crippen molar-refractivity contribution < 1.29 is 0 Å². The third-order valence-electron chi connectivity index (χ3n) is 9.02. The lowest BCUT2D eigenvalue weighted by Gasteiger charge is -2.45. The first-order chi connectivity index (χ1) is 18.6. The van der Waals surface area contributed by atoms with Crippen LogP contribution in [0.1, 0.15) is 19.4 Å². The molecule has 0 aliphatic carbocycles. The minimum atomic E-state index is -0.280. The van der Waals surface area contributed by atoms with Crippen LogP contribution < -0.4 is 26.2 Å². The van der Waals surface area contributed by atoms with Gasteiger partial charge in [0.2, 0.25) is 0 Å². The fraction of sp³-hybridized carbons (Fsp3) is 0.118. The van der Waals surface area contributed by atoms with E-state index in [0.717, 1.165) is 0 Å². The Hall–Kier alpha value is -4.44. The quantitative estimate of drug-likeness (QED) is 0.253. The van der Waals surface area contributed by atoms with Crippen molar-refractivity contribution in [3.63, 3.8) is 0 Å². The summed E-state index contributed by atoms with van der Waals surface area (Å²) in [5.41, 5.74) is 14.4. The van der Waals surface area contributed by atoms with Gasteiger partial charge in [0.05, 0.1) is 16.9 Å². The van der Waals surface area contributed by atoms with E-state index >= 15 is 0 Å². The topological polar surface area (TPSA) is 11.4 Å². The molecule has 180 valence electrons. The van der Waals surface area contributed by atoms with E-state index in [0.29, 0.717) is 0 Å². The predicted molar refractivity (Wildman–Crippen MR) is 161 cm³/mol. The van der Waals surface area contributed by atoms with Gasteiger partial charge in [-0.05, 0) is 79.1 Å². The number of hydrogen-bond acceptors (Lipinski definition) is 2. The van der Waals surface area contributed by atoms with Gasteiger partial charge in [0.1, 0.15) is 5.66 Å². The molecule has 0 atom stereocenters. The maximum absolute atomic E-state index is 2.61. The van der Waals surface area contributed by atoms with Crippen LogP contribution in [0.3, 0.4) is 0 Å². The lowest BCUT2D eigenvalue weighted by Crippen LogP contribution is -2.63. The smallest absolute Gasteiger partial charge is 0.252 e. The zero-order chi connectivity index (χ0) is 25.3. The summed E-state index contributed by atoms with van der Waals surface area (Å²) in [6, 6.07) is 38.4. The van der Waals surface area contributed by atoms with Crippen molar-refractivity contribution in [3.8, 4) is 5.69 Å². The minimum absolute atomic E-state index is 0.193. The first-order valence-electron chi connectivity index (χ1n) is 13.5. The van der Waals surface area contributed by atoms with Crippen LogP contribution in [-0.2, 0) is 0 Å². The summed E-state index contributed by atoms with van der Waals surface area (Å²) < 4.78 is 2.54. The molecule has 0 unspecified atom stereocenters. The molecule has 0 amide bonds. The first kappa shape index (κ1) is 20.6. The Morgan fingerprint density at radius 1 is 0.632 bits per heavy atom. The van der Waals surface area contributed by atoms with Gasteiger partial charge in [-0.3, -0.25) is 0 Å². The van der Waals surface area contributed by atoms with Crippen LogP contribution in [0, 0.1) is 6.92 Å². The summed E-state index contributed by atoms with van der Waals surface area (Å²) in [6.45, 7) is 7.16. The number of rotatable bonds is 1. The number of hydrogen-bond donors (Lipinski definition) is 0. The van der Waals surface area contributed by atoms with E-state index in [1.807, 2.05) is 0 Å². The summed E-state index contributed by atoms with van der Waals surface area (Å²) in [7, 11) is 0. The summed E-state index contributed by atoms with van der Waals surface area (Å²) in [5.74, 6) is 0. The monoisotopic (exact) mass is 487 g/mol. The Labute approximate surface area is 222 Å². The summed E-state index contributed by atoms with van der Waals surface area (Å²) in [4.78, 5) is 5.14. The van der Waals surface area contributed by atoms with Gasteiger partial charge in [-0.2, -0.15) is 0 Å². The lowest BCUT2D eigenvalue weighted by atomic mass is 9.33. The molecule has 0 spiro atoms. The average molecular weight is 487 g/mol. The van der Waals surface area contributed by atoms with Crippen LogP contribution in [0.4, 0.5) is 22.7 Å². The number of fused-ring (bicyclic) bond motifs is 7. The molecule has 1 aromatic heterocycles. The normalized spacial score (nSPS) is 15.8. The van der Waals surface area contributed by atoms with Crippen molar-refractivity contribution >= 4 is 67.7 Å². The minimum Gasteiger partial charge on any atom is -0.317 e. The average Bonchev–Trinajstić information content (AvgIpc) is 3.39. The van der Waals surface area contributed by atoms with E-state index < -0.39 is 0 Å². The summed E-state index contributed by atoms with van der Waals surface area (Å²) >= 11 is 0. The standard InChI is InChI=1S/C34H26BN3/c1-21-19-29-31-30(20-21)38-33-26(16-10-18-28(33)37(34(38,2)3)22-11-5-4-6-12-22)35(31)25-15-9-14-24-23-13-7-8-17-27(23)36(29)32(24)25/h4-20H,1-3H3. The number of benzene rings is 5. The maximum Gasteiger partial charge on any atom is 0.252 e. The molecule has 0 N–H and O–H groups in total. The van der Waals surface area contributed by atoms with E-state index in [1.165, 1.54) is 72.2 Å². The second-order valence-electron chi connectivity index (χ2n) is 11.5. The third-order valence-corrected chi connectivity index (χ3v) is 9.02. The molecule has 5 aromatic carbocycles. The highest BCUT2D eigenvalue weighted by atomic mass is 15.5. The highest BCUT2D eigenvalue weighted by Crippen LogP contribution is 2.53. The Kier molecular flexibility index (Phi) is 3.64. The van der Waals surface area contributed by atoms with Gasteiger partial charge in [0.25, 0.3) is 6.71 Å². The van der Waals surface area contributed by atoms with E-state index in [9.17, 15) is 0 Å². The van der Waals surface area contributed by atoms with Crippen LogP contribution in [0.15, 0.2) is 103 Å². The van der Waals surface area contributed by atoms with Crippen LogP contribution in [0.25, 0.3) is 27.5 Å². The van der Waals surface area contributed by atoms with Crippen molar-refractivity contribution in [3.05, 3.63) is 109 Å². The van der Waals surface area contributed by atoms with Crippen molar-refractivity contribution in [1.82, 2.24) is 4.57 Å². The number of anilines is 4. The molecule has 3 nitrogen and oxygen atoms in total. The lowest BCUT2D eigenvalue weighted by molar-refractivity contribution is 0.540. The molecule has 3 aliphatic rings. The molecule has 4 heteroatoms. The SMILES string of the molecule is Cc1cc2c3c(c1)-n1c4ccccc4c4cccc(c41)B3c1cccc3c1N2C(C)(C)N3c1ccccc1.